The van der Waals surface area contributed by atoms with Gasteiger partial charge in [0.05, 0.1) is 6.61 Å². The van der Waals surface area contributed by atoms with Crippen LogP contribution >= 0.6 is 0 Å². The van der Waals surface area contributed by atoms with E-state index in [1.165, 1.54) is 0 Å². The summed E-state index contributed by atoms with van der Waals surface area (Å²) in [5.74, 6) is -1.64. The van der Waals surface area contributed by atoms with E-state index in [9.17, 15) is 9.59 Å². The van der Waals surface area contributed by atoms with E-state index < -0.39 is 17.3 Å². The Labute approximate surface area is 126 Å². The summed E-state index contributed by atoms with van der Waals surface area (Å²) in [6.07, 6.45) is 0. The van der Waals surface area contributed by atoms with Gasteiger partial charge in [0.15, 0.2) is 0 Å². The van der Waals surface area contributed by atoms with Crippen LogP contribution in [0.25, 0.3) is 0 Å². The summed E-state index contributed by atoms with van der Waals surface area (Å²) in [5, 5.41) is 2.86. The average molecular weight is 291 g/mol. The molecule has 0 heterocycles. The molecule has 1 atom stereocenters. The van der Waals surface area contributed by atoms with Crippen molar-refractivity contribution in [3.05, 3.63) is 29.3 Å². The molecule has 1 unspecified atom stereocenters. The minimum absolute atomic E-state index is 0.266. The van der Waals surface area contributed by atoms with E-state index in [-0.39, 0.29) is 12.5 Å². The monoisotopic (exact) mass is 291 g/mol. The van der Waals surface area contributed by atoms with Crippen LogP contribution in [0.15, 0.2) is 18.2 Å². The number of carbonyl (C=O) groups is 2. The van der Waals surface area contributed by atoms with Gasteiger partial charge in [-0.1, -0.05) is 32.9 Å². The highest BCUT2D eigenvalue weighted by Gasteiger charge is 2.39. The van der Waals surface area contributed by atoms with Crippen LogP contribution in [-0.4, -0.2) is 18.5 Å². The van der Waals surface area contributed by atoms with Crippen molar-refractivity contribution in [1.29, 1.82) is 0 Å². The molecule has 0 aliphatic rings. The normalized spacial score (nSPS) is 12.7. The number of nitrogens with one attached hydrogen (secondary N) is 1. The van der Waals surface area contributed by atoms with Crippen molar-refractivity contribution in [2.24, 2.45) is 11.3 Å². The van der Waals surface area contributed by atoms with E-state index in [2.05, 4.69) is 5.32 Å². The maximum absolute atomic E-state index is 12.5. The predicted octanol–water partition coefficient (Wildman–Crippen LogP) is 3.47. The van der Waals surface area contributed by atoms with Gasteiger partial charge in [0.25, 0.3) is 0 Å². The zero-order valence-electron chi connectivity index (χ0n) is 13.7. The number of hydrogen-bond acceptors (Lipinski definition) is 3. The molecule has 4 heteroatoms. The van der Waals surface area contributed by atoms with Gasteiger partial charge in [0.2, 0.25) is 5.91 Å². The molecule has 0 bridgehead atoms. The fraction of sp³-hybridized carbons (Fsp3) is 0.529. The first-order valence-corrected chi connectivity index (χ1v) is 7.21. The highest BCUT2D eigenvalue weighted by atomic mass is 16.5. The van der Waals surface area contributed by atoms with E-state index in [0.717, 1.165) is 16.8 Å². The maximum Gasteiger partial charge on any atom is 0.319 e. The SMILES string of the molecule is CCOC(=O)C(C(=O)Nc1cc(C)ccc1C)C(C)(C)C. The fourth-order valence-electron chi connectivity index (χ4n) is 2.15. The second-order valence-corrected chi connectivity index (χ2v) is 6.36. The zero-order chi connectivity index (χ0) is 16.2. The first-order valence-electron chi connectivity index (χ1n) is 7.21. The Kier molecular flexibility index (Phi) is 5.53. The molecule has 116 valence electrons. The van der Waals surface area contributed by atoms with Crippen molar-refractivity contribution >= 4 is 17.6 Å². The highest BCUT2D eigenvalue weighted by molar-refractivity contribution is 6.05. The van der Waals surface area contributed by atoms with E-state index >= 15 is 0 Å². The van der Waals surface area contributed by atoms with E-state index in [1.54, 1.807) is 6.92 Å². The highest BCUT2D eigenvalue weighted by Crippen LogP contribution is 2.29. The van der Waals surface area contributed by atoms with Crippen molar-refractivity contribution in [3.63, 3.8) is 0 Å². The Bertz CT molecular complexity index is 529. The minimum atomic E-state index is -0.836. The molecule has 0 spiro atoms. The van der Waals surface area contributed by atoms with Gasteiger partial charge in [0, 0.05) is 5.69 Å². The summed E-state index contributed by atoms with van der Waals surface area (Å²) < 4.78 is 5.04. The van der Waals surface area contributed by atoms with Gasteiger partial charge >= 0.3 is 5.97 Å². The molecular weight excluding hydrogens is 266 g/mol. The summed E-state index contributed by atoms with van der Waals surface area (Å²) in [6, 6.07) is 5.83. The van der Waals surface area contributed by atoms with Crippen molar-refractivity contribution in [3.8, 4) is 0 Å². The molecule has 0 aliphatic heterocycles. The van der Waals surface area contributed by atoms with Crippen molar-refractivity contribution in [2.75, 3.05) is 11.9 Å². The number of benzene rings is 1. The Hall–Kier alpha value is -1.84. The van der Waals surface area contributed by atoms with Gasteiger partial charge in [-0.25, -0.2) is 0 Å². The summed E-state index contributed by atoms with van der Waals surface area (Å²) in [7, 11) is 0. The molecule has 0 saturated heterocycles. The Balaban J connectivity index is 3.01. The summed E-state index contributed by atoms with van der Waals surface area (Å²) in [5.41, 5.74) is 2.25. The zero-order valence-corrected chi connectivity index (χ0v) is 13.7. The molecular formula is C17H25NO3. The summed E-state index contributed by atoms with van der Waals surface area (Å²) >= 11 is 0. The number of rotatable bonds is 4. The van der Waals surface area contributed by atoms with Crippen LogP contribution in [0, 0.1) is 25.2 Å². The smallest absolute Gasteiger partial charge is 0.319 e. The molecule has 1 aromatic rings. The number of aryl methyl sites for hydroxylation is 2. The first kappa shape index (κ1) is 17.2. The fourth-order valence-corrected chi connectivity index (χ4v) is 2.15. The van der Waals surface area contributed by atoms with Gasteiger partial charge in [-0.05, 0) is 43.4 Å². The Morgan fingerprint density at radius 3 is 2.38 bits per heavy atom. The lowest BCUT2D eigenvalue weighted by Crippen LogP contribution is -2.40. The number of anilines is 1. The molecule has 1 rings (SSSR count). The molecule has 0 fully saturated rings. The molecule has 0 aliphatic carbocycles. The molecule has 4 nitrogen and oxygen atoms in total. The third kappa shape index (κ3) is 4.59. The number of amides is 1. The molecule has 0 radical (unpaired) electrons. The predicted molar refractivity (Wildman–Crippen MR) is 84.1 cm³/mol. The summed E-state index contributed by atoms with van der Waals surface area (Å²) in [6.45, 7) is 11.5. The third-order valence-electron chi connectivity index (χ3n) is 3.30. The second kappa shape index (κ2) is 6.74. The largest absolute Gasteiger partial charge is 0.465 e. The van der Waals surface area contributed by atoms with Crippen LogP contribution in [-0.2, 0) is 14.3 Å². The first-order chi connectivity index (χ1) is 9.66. The maximum atomic E-state index is 12.5. The molecule has 1 N–H and O–H groups in total. The van der Waals surface area contributed by atoms with Gasteiger partial charge in [0.1, 0.15) is 5.92 Å². The van der Waals surface area contributed by atoms with Gasteiger partial charge in [-0.2, -0.15) is 0 Å². The lowest BCUT2D eigenvalue weighted by Gasteiger charge is -2.27. The van der Waals surface area contributed by atoms with E-state index in [1.807, 2.05) is 52.8 Å². The lowest BCUT2D eigenvalue weighted by atomic mass is 9.80. The number of esters is 1. The van der Waals surface area contributed by atoms with Crippen LogP contribution in [0.2, 0.25) is 0 Å². The third-order valence-corrected chi connectivity index (χ3v) is 3.30. The van der Waals surface area contributed by atoms with Crippen LogP contribution in [0.1, 0.15) is 38.8 Å². The van der Waals surface area contributed by atoms with Crippen LogP contribution < -0.4 is 5.32 Å². The van der Waals surface area contributed by atoms with Crippen molar-refractivity contribution in [1.82, 2.24) is 0 Å². The Morgan fingerprint density at radius 1 is 1.24 bits per heavy atom. The molecule has 0 saturated carbocycles. The molecule has 1 amide bonds. The Morgan fingerprint density at radius 2 is 1.86 bits per heavy atom. The van der Waals surface area contributed by atoms with Crippen molar-refractivity contribution in [2.45, 2.75) is 41.5 Å². The second-order valence-electron chi connectivity index (χ2n) is 6.36. The van der Waals surface area contributed by atoms with E-state index in [0.29, 0.717) is 0 Å². The summed E-state index contributed by atoms with van der Waals surface area (Å²) in [4.78, 5) is 24.6. The van der Waals surface area contributed by atoms with Gasteiger partial charge < -0.3 is 10.1 Å². The average Bonchev–Trinajstić information content (AvgIpc) is 2.32. The molecule has 0 aromatic heterocycles. The quantitative estimate of drug-likeness (QED) is 0.682. The number of hydrogen-bond donors (Lipinski definition) is 1. The number of ether oxygens (including phenoxy) is 1. The van der Waals surface area contributed by atoms with E-state index in [4.69, 9.17) is 4.74 Å². The lowest BCUT2D eigenvalue weighted by molar-refractivity contribution is -0.155. The van der Waals surface area contributed by atoms with Crippen LogP contribution in [0.5, 0.6) is 0 Å². The van der Waals surface area contributed by atoms with Crippen LogP contribution in [0.3, 0.4) is 0 Å². The molecule has 1 aromatic carbocycles. The van der Waals surface area contributed by atoms with Gasteiger partial charge in [-0.15, -0.1) is 0 Å². The molecule has 21 heavy (non-hydrogen) atoms. The topological polar surface area (TPSA) is 55.4 Å². The van der Waals surface area contributed by atoms with Crippen LogP contribution in [0.4, 0.5) is 5.69 Å². The van der Waals surface area contributed by atoms with Gasteiger partial charge in [-0.3, -0.25) is 9.59 Å². The standard InChI is InChI=1S/C17H25NO3/c1-7-21-16(20)14(17(4,5)6)15(19)18-13-10-11(2)8-9-12(13)3/h8-10,14H,7H2,1-6H3,(H,18,19). The van der Waals surface area contributed by atoms with Crippen molar-refractivity contribution < 1.29 is 14.3 Å². The number of carbonyl (C=O) groups excluding carboxylic acids is 2. The minimum Gasteiger partial charge on any atom is -0.465 e.